The number of hydrogen-bond donors (Lipinski definition) is 1. The summed E-state index contributed by atoms with van der Waals surface area (Å²) in [6, 6.07) is 22.2. The van der Waals surface area contributed by atoms with Crippen LogP contribution in [0.25, 0.3) is 0 Å². The van der Waals surface area contributed by atoms with Crippen LogP contribution in [0.15, 0.2) is 72.8 Å². The molecular weight excluding hydrogens is 429 g/mol. The average molecular weight is 462 g/mol. The maximum absolute atomic E-state index is 13.9. The van der Waals surface area contributed by atoms with Crippen molar-refractivity contribution in [3.05, 3.63) is 89.7 Å². The summed E-state index contributed by atoms with van der Waals surface area (Å²) in [6.07, 6.45) is 2.06. The van der Waals surface area contributed by atoms with Crippen molar-refractivity contribution in [2.75, 3.05) is 43.0 Å². The lowest BCUT2D eigenvalue weighted by Gasteiger charge is -2.36. The molecule has 0 aromatic heterocycles. The lowest BCUT2D eigenvalue weighted by Crippen LogP contribution is -2.46. The van der Waals surface area contributed by atoms with Crippen LogP contribution in [0.5, 0.6) is 5.75 Å². The summed E-state index contributed by atoms with van der Waals surface area (Å²) in [6.45, 7) is 6.92. The Hall–Kier alpha value is -3.38. The Kier molecular flexibility index (Phi) is 8.15. The summed E-state index contributed by atoms with van der Waals surface area (Å²) in [5, 5.41) is 2.97. The molecule has 34 heavy (non-hydrogen) atoms. The Balaban J connectivity index is 1.28. The lowest BCUT2D eigenvalue weighted by molar-refractivity contribution is 0.102. The number of benzene rings is 3. The Bertz CT molecular complexity index is 1080. The second-order valence-corrected chi connectivity index (χ2v) is 8.59. The highest BCUT2D eigenvalue weighted by Crippen LogP contribution is 2.22. The van der Waals surface area contributed by atoms with E-state index in [0.29, 0.717) is 24.5 Å². The van der Waals surface area contributed by atoms with Crippen LogP contribution < -0.4 is 15.0 Å². The molecule has 1 N–H and O–H groups in total. The van der Waals surface area contributed by atoms with Gasteiger partial charge >= 0.3 is 0 Å². The first-order valence-corrected chi connectivity index (χ1v) is 12.0. The minimum Gasteiger partial charge on any atom is -0.494 e. The third kappa shape index (κ3) is 6.35. The molecule has 178 valence electrons. The van der Waals surface area contributed by atoms with Crippen molar-refractivity contribution >= 4 is 17.3 Å². The SMILES string of the molecule is CCCCOc1cccc(C(=O)Nc2ccc(N3CCN(Cc4ccccc4F)CC3)cc2)c1. The van der Waals surface area contributed by atoms with E-state index in [2.05, 4.69) is 22.0 Å². The number of rotatable bonds is 9. The van der Waals surface area contributed by atoms with Crippen molar-refractivity contribution in [2.24, 2.45) is 0 Å². The van der Waals surface area contributed by atoms with Gasteiger partial charge in [-0.2, -0.15) is 0 Å². The second kappa shape index (κ2) is 11.7. The van der Waals surface area contributed by atoms with Gasteiger partial charge in [0.1, 0.15) is 11.6 Å². The minimum atomic E-state index is -0.157. The molecule has 0 aliphatic carbocycles. The molecule has 0 unspecified atom stereocenters. The van der Waals surface area contributed by atoms with Gasteiger partial charge in [-0.05, 0) is 55.0 Å². The molecule has 1 fully saturated rings. The first kappa shape index (κ1) is 23.8. The van der Waals surface area contributed by atoms with Crippen LogP contribution in [-0.2, 0) is 6.54 Å². The number of amides is 1. The van der Waals surface area contributed by atoms with Crippen LogP contribution in [0.3, 0.4) is 0 Å². The fourth-order valence-corrected chi connectivity index (χ4v) is 4.05. The van der Waals surface area contributed by atoms with Crippen molar-refractivity contribution in [3.63, 3.8) is 0 Å². The summed E-state index contributed by atoms with van der Waals surface area (Å²) < 4.78 is 19.6. The molecule has 1 saturated heterocycles. The predicted octanol–water partition coefficient (Wildman–Crippen LogP) is 5.58. The maximum Gasteiger partial charge on any atom is 0.255 e. The molecule has 1 aliphatic heterocycles. The van der Waals surface area contributed by atoms with E-state index < -0.39 is 0 Å². The predicted molar refractivity (Wildman–Crippen MR) is 135 cm³/mol. The Morgan fingerprint density at radius 2 is 1.74 bits per heavy atom. The van der Waals surface area contributed by atoms with Gasteiger partial charge in [0.15, 0.2) is 0 Å². The summed E-state index contributed by atoms with van der Waals surface area (Å²) in [7, 11) is 0. The molecule has 1 aliphatic rings. The smallest absolute Gasteiger partial charge is 0.255 e. The number of halogens is 1. The van der Waals surface area contributed by atoms with Gasteiger partial charge in [-0.3, -0.25) is 9.69 Å². The monoisotopic (exact) mass is 461 g/mol. The zero-order valence-electron chi connectivity index (χ0n) is 19.7. The third-order valence-electron chi connectivity index (χ3n) is 6.08. The molecule has 6 heteroatoms. The van der Waals surface area contributed by atoms with E-state index in [9.17, 15) is 9.18 Å². The summed E-state index contributed by atoms with van der Waals surface area (Å²) in [5.41, 5.74) is 3.19. The van der Waals surface area contributed by atoms with Crippen molar-refractivity contribution in [1.82, 2.24) is 4.90 Å². The molecule has 0 atom stereocenters. The van der Waals surface area contributed by atoms with Crippen molar-refractivity contribution < 1.29 is 13.9 Å². The topological polar surface area (TPSA) is 44.8 Å². The van der Waals surface area contributed by atoms with Gasteiger partial charge in [0.05, 0.1) is 6.61 Å². The molecular formula is C28H32FN3O2. The van der Waals surface area contributed by atoms with Crippen molar-refractivity contribution in [2.45, 2.75) is 26.3 Å². The van der Waals surface area contributed by atoms with Gasteiger partial charge < -0.3 is 15.0 Å². The normalized spacial score (nSPS) is 14.1. The van der Waals surface area contributed by atoms with E-state index in [1.54, 1.807) is 18.2 Å². The number of anilines is 2. The quantitative estimate of drug-likeness (QED) is 0.423. The number of carbonyl (C=O) groups excluding carboxylic acids is 1. The highest BCUT2D eigenvalue weighted by molar-refractivity contribution is 6.04. The highest BCUT2D eigenvalue weighted by atomic mass is 19.1. The number of unbranched alkanes of at least 4 members (excludes halogenated alkanes) is 1. The summed E-state index contributed by atoms with van der Waals surface area (Å²) >= 11 is 0. The highest BCUT2D eigenvalue weighted by Gasteiger charge is 2.18. The van der Waals surface area contributed by atoms with Gasteiger partial charge in [-0.1, -0.05) is 37.6 Å². The van der Waals surface area contributed by atoms with E-state index in [0.717, 1.165) is 56.0 Å². The van der Waals surface area contributed by atoms with Crippen LogP contribution in [-0.4, -0.2) is 43.6 Å². The largest absolute Gasteiger partial charge is 0.494 e. The van der Waals surface area contributed by atoms with Crippen LogP contribution >= 0.6 is 0 Å². The van der Waals surface area contributed by atoms with E-state index in [-0.39, 0.29) is 11.7 Å². The molecule has 0 bridgehead atoms. The average Bonchev–Trinajstić information content (AvgIpc) is 2.87. The number of ether oxygens (including phenoxy) is 1. The molecule has 0 spiro atoms. The van der Waals surface area contributed by atoms with Crippen LogP contribution in [0.1, 0.15) is 35.7 Å². The standard InChI is InChI=1S/C28H32FN3O2/c1-2-3-19-34-26-9-6-8-22(20-26)28(33)30-24-11-13-25(14-12-24)32-17-15-31(16-18-32)21-23-7-4-5-10-27(23)29/h4-14,20H,2-3,15-19,21H2,1H3,(H,30,33). The maximum atomic E-state index is 13.9. The van der Waals surface area contributed by atoms with E-state index >= 15 is 0 Å². The zero-order chi connectivity index (χ0) is 23.8. The van der Waals surface area contributed by atoms with Crippen molar-refractivity contribution in [3.8, 4) is 5.75 Å². The molecule has 0 saturated carbocycles. The molecule has 1 amide bonds. The Morgan fingerprint density at radius 1 is 0.971 bits per heavy atom. The van der Waals surface area contributed by atoms with Crippen molar-refractivity contribution in [1.29, 1.82) is 0 Å². The van der Waals surface area contributed by atoms with Crippen LogP contribution in [0, 0.1) is 5.82 Å². The number of nitrogens with zero attached hydrogens (tertiary/aromatic N) is 2. The first-order chi connectivity index (χ1) is 16.6. The van der Waals surface area contributed by atoms with Crippen LogP contribution in [0.2, 0.25) is 0 Å². The summed E-state index contributed by atoms with van der Waals surface area (Å²) in [4.78, 5) is 17.3. The van der Waals surface area contributed by atoms with Gasteiger partial charge in [0.2, 0.25) is 0 Å². The van der Waals surface area contributed by atoms with E-state index in [1.165, 1.54) is 6.07 Å². The lowest BCUT2D eigenvalue weighted by atomic mass is 10.1. The Morgan fingerprint density at radius 3 is 2.47 bits per heavy atom. The molecule has 1 heterocycles. The van der Waals surface area contributed by atoms with E-state index in [1.807, 2.05) is 48.5 Å². The second-order valence-electron chi connectivity index (χ2n) is 8.59. The molecule has 5 nitrogen and oxygen atoms in total. The number of piperazine rings is 1. The molecule has 0 radical (unpaired) electrons. The van der Waals surface area contributed by atoms with Gasteiger partial charge in [0, 0.05) is 55.2 Å². The minimum absolute atomic E-state index is 0.140. The third-order valence-corrected chi connectivity index (χ3v) is 6.08. The van der Waals surface area contributed by atoms with E-state index in [4.69, 9.17) is 4.74 Å². The number of carbonyl (C=O) groups is 1. The van der Waals surface area contributed by atoms with Gasteiger partial charge in [0.25, 0.3) is 5.91 Å². The number of nitrogens with one attached hydrogen (secondary N) is 1. The molecule has 3 aromatic rings. The fourth-order valence-electron chi connectivity index (χ4n) is 4.05. The molecule has 4 rings (SSSR count). The number of hydrogen-bond acceptors (Lipinski definition) is 4. The fraction of sp³-hybridized carbons (Fsp3) is 0.321. The molecule has 3 aromatic carbocycles. The van der Waals surface area contributed by atoms with Gasteiger partial charge in [-0.25, -0.2) is 4.39 Å². The Labute approximate surface area is 201 Å². The zero-order valence-corrected chi connectivity index (χ0v) is 19.7. The summed E-state index contributed by atoms with van der Waals surface area (Å²) in [5.74, 6) is 0.416. The first-order valence-electron chi connectivity index (χ1n) is 12.0. The van der Waals surface area contributed by atoms with Crippen LogP contribution in [0.4, 0.5) is 15.8 Å². The van der Waals surface area contributed by atoms with Gasteiger partial charge in [-0.15, -0.1) is 0 Å².